The Morgan fingerprint density at radius 1 is 0.250 bits per heavy atom. The first-order valence-corrected chi connectivity index (χ1v) is 27.9. The zero-order chi connectivity index (χ0) is 51.0. The Morgan fingerprint density at radius 3 is 0.803 bits per heavy atom. The van der Waals surface area contributed by atoms with Crippen LogP contribution in [0.1, 0.15) is 103 Å². The summed E-state index contributed by atoms with van der Waals surface area (Å²) in [6.07, 6.45) is 16.5. The molecule has 0 aliphatic rings. The Kier molecular flexibility index (Phi) is 11.4. The molecule has 0 aliphatic carbocycles. The quantitative estimate of drug-likeness (QED) is 0.0371. The van der Waals surface area contributed by atoms with Crippen molar-refractivity contribution in [3.05, 3.63) is 163 Å². The summed E-state index contributed by atoms with van der Waals surface area (Å²) in [6.45, 7) is 0.896. The third kappa shape index (κ3) is 7.10. The van der Waals surface area contributed by atoms with Crippen molar-refractivity contribution in [3.8, 4) is 23.7 Å². The first-order valence-electron chi connectivity index (χ1n) is 27.9. The Hall–Kier alpha value is -8.32. The van der Waals surface area contributed by atoms with E-state index >= 15 is 0 Å². The third-order valence-electron chi connectivity index (χ3n) is 17.3. The lowest BCUT2D eigenvalue weighted by Gasteiger charge is -2.18. The van der Waals surface area contributed by atoms with Crippen molar-refractivity contribution in [2.45, 2.75) is 116 Å². The zero-order valence-electron chi connectivity index (χ0n) is 42.8. The van der Waals surface area contributed by atoms with Gasteiger partial charge in [-0.1, -0.05) is 197 Å². The molecule has 14 rings (SSSR count). The first-order chi connectivity index (χ1) is 37.5. The third-order valence-corrected chi connectivity index (χ3v) is 17.3. The molecule has 0 atom stereocenters. The van der Waals surface area contributed by atoms with Crippen molar-refractivity contribution < 1.29 is 0 Å². The Balaban J connectivity index is 0.506. The van der Waals surface area contributed by atoms with Crippen molar-refractivity contribution in [3.63, 3.8) is 0 Å². The van der Waals surface area contributed by atoms with Gasteiger partial charge in [0.2, 0.25) is 0 Å². The van der Waals surface area contributed by atoms with Gasteiger partial charge < -0.3 is 0 Å². The molecule has 6 heteroatoms. The molecule has 0 unspecified atom stereocenters. The van der Waals surface area contributed by atoms with Gasteiger partial charge in [-0.2, -0.15) is 0 Å². The van der Waals surface area contributed by atoms with E-state index < -0.39 is 0 Å². The van der Waals surface area contributed by atoms with Gasteiger partial charge in [-0.3, -0.25) is 28.3 Å². The van der Waals surface area contributed by atoms with Gasteiger partial charge >= 0.3 is 0 Å². The van der Waals surface area contributed by atoms with E-state index in [0.29, 0.717) is 34.6 Å². The molecule has 0 radical (unpaired) electrons. The molecule has 0 amide bonds. The van der Waals surface area contributed by atoms with Crippen molar-refractivity contribution in [2.24, 2.45) is 0 Å². The van der Waals surface area contributed by atoms with Crippen LogP contribution < -0.4 is 22.2 Å². The van der Waals surface area contributed by atoms with E-state index in [1.165, 1.54) is 52.2 Å². The van der Waals surface area contributed by atoms with Gasteiger partial charge in [0.1, 0.15) is 0 Å². The Bertz CT molecular complexity index is 4360. The SMILES string of the molecule is O=c1c2c3ccc4cccc5c6cccc7ccc(c2c(=O)n1CCCCCCCCCC#CC#CCCCCCCCCCn1c(=O)c2c8ccc9cccc%10c%11cccc%12ccc(c2c1=O)c(c%12%11)c8c9%10)c(c76)c3c45. The lowest BCUT2D eigenvalue weighted by atomic mass is 9.84. The van der Waals surface area contributed by atoms with Crippen molar-refractivity contribution in [1.29, 1.82) is 0 Å². The first kappa shape index (κ1) is 46.2. The molecule has 6 nitrogen and oxygen atoms in total. The smallest absolute Gasteiger partial charge is 0.262 e. The highest BCUT2D eigenvalue weighted by atomic mass is 16.2. The van der Waals surface area contributed by atoms with E-state index in [9.17, 15) is 19.2 Å². The van der Waals surface area contributed by atoms with Crippen LogP contribution in [0.4, 0.5) is 0 Å². The van der Waals surface area contributed by atoms with Crippen LogP contribution in [-0.4, -0.2) is 9.13 Å². The maximum absolute atomic E-state index is 14.1. The van der Waals surface area contributed by atoms with Crippen LogP contribution in [0, 0.1) is 23.7 Å². The summed E-state index contributed by atoms with van der Waals surface area (Å²) in [5.74, 6) is 12.6. The number of hydrogen-bond donors (Lipinski definition) is 0. The predicted octanol–water partition coefficient (Wildman–Crippen LogP) is 16.1. The number of rotatable bonds is 18. The van der Waals surface area contributed by atoms with Crippen molar-refractivity contribution in [2.75, 3.05) is 0 Å². The summed E-state index contributed by atoms with van der Waals surface area (Å²) in [7, 11) is 0. The van der Waals surface area contributed by atoms with E-state index in [0.717, 1.165) is 167 Å². The van der Waals surface area contributed by atoms with Gasteiger partial charge in [0, 0.05) is 25.9 Å². The second-order valence-corrected chi connectivity index (χ2v) is 21.6. The number of nitrogens with zero attached hydrogens (tertiary/aromatic N) is 2. The molecule has 2 aromatic heterocycles. The summed E-state index contributed by atoms with van der Waals surface area (Å²) in [5, 5.41) is 24.3. The van der Waals surface area contributed by atoms with E-state index in [-0.39, 0.29) is 22.2 Å². The molecule has 370 valence electrons. The molecule has 14 aromatic rings. The number of unbranched alkanes of at least 4 members (excludes halogenated alkanes) is 14. The highest BCUT2D eigenvalue weighted by Gasteiger charge is 2.27. The fraction of sp³-hybridized carbons (Fsp3) is 0.257. The van der Waals surface area contributed by atoms with Gasteiger partial charge in [-0.15, -0.1) is 0 Å². The highest BCUT2D eigenvalue weighted by Crippen LogP contribution is 2.49. The summed E-state index contributed by atoms with van der Waals surface area (Å²) in [4.78, 5) is 56.5. The number of benzene rings is 12. The Labute approximate surface area is 438 Å². The van der Waals surface area contributed by atoms with Crippen LogP contribution in [-0.2, 0) is 13.1 Å². The molecule has 0 saturated carbocycles. The molecular formula is C70H56N2O4. The number of fused-ring (bicyclic) bond motifs is 8. The summed E-state index contributed by atoms with van der Waals surface area (Å²) in [6, 6.07) is 42.4. The minimum absolute atomic E-state index is 0.155. The summed E-state index contributed by atoms with van der Waals surface area (Å²) in [5.41, 5.74) is -0.622. The lowest BCUT2D eigenvalue weighted by molar-refractivity contribution is 0.539. The van der Waals surface area contributed by atoms with E-state index in [1.807, 2.05) is 0 Å². The van der Waals surface area contributed by atoms with Crippen LogP contribution >= 0.6 is 0 Å². The van der Waals surface area contributed by atoms with E-state index in [1.54, 1.807) is 0 Å². The summed E-state index contributed by atoms with van der Waals surface area (Å²) < 4.78 is 3.02. The second kappa shape index (κ2) is 18.8. The fourth-order valence-corrected chi connectivity index (χ4v) is 13.8. The number of hydrogen-bond acceptors (Lipinski definition) is 4. The van der Waals surface area contributed by atoms with Crippen LogP contribution in [0.25, 0.3) is 129 Å². The van der Waals surface area contributed by atoms with Gasteiger partial charge in [0.25, 0.3) is 22.2 Å². The molecule has 76 heavy (non-hydrogen) atoms. The van der Waals surface area contributed by atoms with Gasteiger partial charge in [0.05, 0.1) is 21.5 Å². The van der Waals surface area contributed by atoms with Crippen LogP contribution in [0.5, 0.6) is 0 Å². The average molecular weight is 989 g/mol. The van der Waals surface area contributed by atoms with E-state index in [4.69, 9.17) is 0 Å². The minimum Gasteiger partial charge on any atom is -0.274 e. The number of aromatic nitrogens is 2. The van der Waals surface area contributed by atoms with Gasteiger partial charge in [-0.25, -0.2) is 0 Å². The molecule has 0 fully saturated rings. The predicted molar refractivity (Wildman–Crippen MR) is 321 cm³/mol. The molecule has 2 heterocycles. The van der Waals surface area contributed by atoms with Crippen LogP contribution in [0.2, 0.25) is 0 Å². The van der Waals surface area contributed by atoms with Crippen LogP contribution in [0.3, 0.4) is 0 Å². The molecule has 0 bridgehead atoms. The van der Waals surface area contributed by atoms with Gasteiger partial charge in [-0.05, 0) is 145 Å². The fourth-order valence-electron chi connectivity index (χ4n) is 13.8. The molecule has 12 aromatic carbocycles. The summed E-state index contributed by atoms with van der Waals surface area (Å²) >= 11 is 0. The molecule has 0 aliphatic heterocycles. The minimum atomic E-state index is -0.155. The maximum atomic E-state index is 14.1. The van der Waals surface area contributed by atoms with Crippen molar-refractivity contribution >= 4 is 129 Å². The highest BCUT2D eigenvalue weighted by molar-refractivity contribution is 6.46. The molecular weight excluding hydrogens is 933 g/mol. The van der Waals surface area contributed by atoms with E-state index in [2.05, 4.69) is 145 Å². The second-order valence-electron chi connectivity index (χ2n) is 21.6. The van der Waals surface area contributed by atoms with Gasteiger partial charge in [0.15, 0.2) is 0 Å². The normalized spacial score (nSPS) is 12.4. The standard InChI is InChI=1S/C70H56N2O4/c73-67-63-51-37-33-43-25-21-29-47-48-30-22-26-44-34-38-52(60(56(44)48)59(51)55(43)47)64(63)68(74)71(67)41-19-17-15-13-11-9-7-5-3-1-2-4-6-8-10-12-14-16-18-20-42-72-69(75)65-53-39-35-45-27-23-31-49-50-32-24-28-46-36-40-54(66(65)70(72)76)62(58(46)50)61(53)57(45)49/h21-40H,5-20,41-42H2. The zero-order valence-corrected chi connectivity index (χ0v) is 42.8. The Morgan fingerprint density at radius 2 is 0.513 bits per heavy atom. The topological polar surface area (TPSA) is 78.1 Å². The molecule has 0 saturated heterocycles. The molecule has 0 N–H and O–H groups in total. The monoisotopic (exact) mass is 988 g/mol. The van der Waals surface area contributed by atoms with Crippen molar-refractivity contribution in [1.82, 2.24) is 9.13 Å². The lowest BCUT2D eigenvalue weighted by Crippen LogP contribution is -2.25. The largest absolute Gasteiger partial charge is 0.274 e. The maximum Gasteiger partial charge on any atom is 0.262 e. The molecule has 0 spiro atoms. The average Bonchev–Trinajstić information content (AvgIpc) is 3.97. The van der Waals surface area contributed by atoms with Crippen LogP contribution in [0.15, 0.2) is 141 Å².